The van der Waals surface area contributed by atoms with Crippen molar-refractivity contribution >= 4 is 23.6 Å². The smallest absolute Gasteiger partial charge is 0.152 e. The molecule has 1 aliphatic heterocycles. The molecule has 0 saturated heterocycles. The van der Waals surface area contributed by atoms with E-state index in [0.717, 1.165) is 31.5 Å². The van der Waals surface area contributed by atoms with Gasteiger partial charge in [0.1, 0.15) is 0 Å². The Labute approximate surface area is 94.2 Å². The Balaban J connectivity index is 2.36. The predicted octanol–water partition coefficient (Wildman–Crippen LogP) is 2.92. The normalized spacial score (nSPS) is 15.4. The molecule has 1 aromatic carbocycles. The molecule has 0 atom stereocenters. The molecule has 0 amide bonds. The molecule has 0 radical (unpaired) electrons. The maximum atomic E-state index is 10.9. The van der Waals surface area contributed by atoms with E-state index in [-0.39, 0.29) is 0 Å². The molecule has 0 fully saturated rings. The van der Waals surface area contributed by atoms with E-state index in [2.05, 4.69) is 17.1 Å². The van der Waals surface area contributed by atoms with Gasteiger partial charge in [0.2, 0.25) is 0 Å². The van der Waals surface area contributed by atoms with Crippen molar-refractivity contribution in [3.8, 4) is 0 Å². The molecule has 1 aromatic rings. The van der Waals surface area contributed by atoms with E-state index in [1.165, 1.54) is 0 Å². The number of carbonyl (C=O) groups excluding carboxylic acids is 1. The van der Waals surface area contributed by atoms with Crippen molar-refractivity contribution in [3.63, 3.8) is 0 Å². The molecule has 0 spiro atoms. The molecule has 1 aliphatic rings. The van der Waals surface area contributed by atoms with Crippen LogP contribution >= 0.6 is 11.6 Å². The molecule has 3 heteroatoms. The van der Waals surface area contributed by atoms with Crippen molar-refractivity contribution in [2.24, 2.45) is 0 Å². The number of hydrogen-bond acceptors (Lipinski definition) is 2. The maximum Gasteiger partial charge on any atom is 0.152 e. The van der Waals surface area contributed by atoms with E-state index in [1.54, 1.807) is 12.1 Å². The quantitative estimate of drug-likeness (QED) is 0.565. The topological polar surface area (TPSA) is 20.3 Å². The summed E-state index contributed by atoms with van der Waals surface area (Å²) in [6.07, 6.45) is 6.16. The summed E-state index contributed by atoms with van der Waals surface area (Å²) in [6.45, 7) is 1.79. The summed E-state index contributed by atoms with van der Waals surface area (Å²) >= 11 is 5.93. The summed E-state index contributed by atoms with van der Waals surface area (Å²) in [4.78, 5) is 13.1. The van der Waals surface area contributed by atoms with Crippen LogP contribution in [0.4, 0.5) is 5.69 Å². The van der Waals surface area contributed by atoms with Crippen LogP contribution in [0.15, 0.2) is 30.4 Å². The van der Waals surface area contributed by atoms with Crippen LogP contribution in [0.3, 0.4) is 0 Å². The highest BCUT2D eigenvalue weighted by atomic mass is 35.5. The number of nitrogens with zero attached hydrogens (tertiary/aromatic N) is 1. The van der Waals surface area contributed by atoms with Gasteiger partial charge < -0.3 is 4.90 Å². The van der Waals surface area contributed by atoms with Gasteiger partial charge in [0.15, 0.2) is 6.29 Å². The average Bonchev–Trinajstić information content (AvgIpc) is 2.30. The number of rotatable bonds is 2. The van der Waals surface area contributed by atoms with Crippen LogP contribution in [-0.2, 0) is 0 Å². The first-order valence-electron chi connectivity index (χ1n) is 4.96. The van der Waals surface area contributed by atoms with E-state index in [4.69, 9.17) is 11.6 Å². The van der Waals surface area contributed by atoms with Gasteiger partial charge in [-0.1, -0.05) is 23.8 Å². The average molecular weight is 222 g/mol. The third-order valence-corrected chi connectivity index (χ3v) is 2.75. The van der Waals surface area contributed by atoms with E-state index in [9.17, 15) is 4.79 Å². The lowest BCUT2D eigenvalue weighted by Crippen LogP contribution is -2.27. The van der Waals surface area contributed by atoms with Crippen LogP contribution in [0.5, 0.6) is 0 Å². The van der Waals surface area contributed by atoms with E-state index in [0.29, 0.717) is 10.6 Å². The highest BCUT2D eigenvalue weighted by molar-refractivity contribution is 6.31. The molecule has 0 unspecified atom stereocenters. The highest BCUT2D eigenvalue weighted by Crippen LogP contribution is 2.25. The van der Waals surface area contributed by atoms with E-state index in [1.807, 2.05) is 6.07 Å². The van der Waals surface area contributed by atoms with Gasteiger partial charge >= 0.3 is 0 Å². The van der Waals surface area contributed by atoms with Crippen molar-refractivity contribution in [2.45, 2.75) is 6.42 Å². The number of carbonyl (C=O) groups is 1. The van der Waals surface area contributed by atoms with E-state index < -0.39 is 0 Å². The Morgan fingerprint density at radius 3 is 2.87 bits per heavy atom. The number of aldehydes is 1. The van der Waals surface area contributed by atoms with Gasteiger partial charge in [0.25, 0.3) is 0 Å². The zero-order valence-corrected chi connectivity index (χ0v) is 9.07. The molecule has 15 heavy (non-hydrogen) atoms. The van der Waals surface area contributed by atoms with Gasteiger partial charge in [-0.25, -0.2) is 0 Å². The standard InChI is InChI=1S/C12H12ClNO/c13-11-5-4-10(9-15)12(8-11)14-6-2-1-3-7-14/h1-2,4-5,8-9H,3,6-7H2. The summed E-state index contributed by atoms with van der Waals surface area (Å²) < 4.78 is 0. The van der Waals surface area contributed by atoms with Crippen LogP contribution < -0.4 is 4.90 Å². The van der Waals surface area contributed by atoms with Crippen LogP contribution in [-0.4, -0.2) is 19.4 Å². The number of hydrogen-bond donors (Lipinski definition) is 0. The Hall–Kier alpha value is -1.28. The molecule has 78 valence electrons. The maximum absolute atomic E-state index is 10.9. The van der Waals surface area contributed by atoms with Crippen molar-refractivity contribution in [2.75, 3.05) is 18.0 Å². The minimum atomic E-state index is 0.671. The fourth-order valence-electron chi connectivity index (χ4n) is 1.75. The van der Waals surface area contributed by atoms with Crippen molar-refractivity contribution in [1.29, 1.82) is 0 Å². The van der Waals surface area contributed by atoms with Crippen molar-refractivity contribution < 1.29 is 4.79 Å². The monoisotopic (exact) mass is 221 g/mol. The third kappa shape index (κ3) is 2.21. The molecule has 0 aliphatic carbocycles. The SMILES string of the molecule is O=Cc1ccc(Cl)cc1N1CC=CCC1. The minimum Gasteiger partial charge on any atom is -0.367 e. The molecule has 2 rings (SSSR count). The predicted molar refractivity (Wildman–Crippen MR) is 62.8 cm³/mol. The third-order valence-electron chi connectivity index (χ3n) is 2.52. The first-order chi connectivity index (χ1) is 7.31. The summed E-state index contributed by atoms with van der Waals surface area (Å²) in [6, 6.07) is 5.36. The fourth-order valence-corrected chi connectivity index (χ4v) is 1.92. The zero-order chi connectivity index (χ0) is 10.7. The molecular weight excluding hydrogens is 210 g/mol. The molecule has 1 heterocycles. The Kier molecular flexibility index (Phi) is 3.07. The summed E-state index contributed by atoms with van der Waals surface area (Å²) in [5, 5.41) is 0.671. The molecule has 0 N–H and O–H groups in total. The first-order valence-corrected chi connectivity index (χ1v) is 5.34. The van der Waals surface area contributed by atoms with Crippen LogP contribution in [0.1, 0.15) is 16.8 Å². The van der Waals surface area contributed by atoms with Crippen LogP contribution in [0, 0.1) is 0 Å². The zero-order valence-electron chi connectivity index (χ0n) is 8.32. The summed E-state index contributed by atoms with van der Waals surface area (Å²) in [7, 11) is 0. The largest absolute Gasteiger partial charge is 0.367 e. The molecule has 0 aromatic heterocycles. The number of anilines is 1. The van der Waals surface area contributed by atoms with Crippen LogP contribution in [0.2, 0.25) is 5.02 Å². The van der Waals surface area contributed by atoms with Gasteiger partial charge in [0, 0.05) is 29.4 Å². The molecule has 0 bridgehead atoms. The molecular formula is C12H12ClNO. The Morgan fingerprint density at radius 1 is 1.33 bits per heavy atom. The van der Waals surface area contributed by atoms with Crippen molar-refractivity contribution in [3.05, 3.63) is 40.9 Å². The molecule has 0 saturated carbocycles. The number of benzene rings is 1. The lowest BCUT2D eigenvalue weighted by molar-refractivity contribution is 0.112. The van der Waals surface area contributed by atoms with E-state index >= 15 is 0 Å². The lowest BCUT2D eigenvalue weighted by Gasteiger charge is -2.26. The van der Waals surface area contributed by atoms with Gasteiger partial charge in [0.05, 0.1) is 0 Å². The lowest BCUT2D eigenvalue weighted by atomic mass is 10.1. The Morgan fingerprint density at radius 2 is 2.20 bits per heavy atom. The summed E-state index contributed by atoms with van der Waals surface area (Å²) in [5.74, 6) is 0. The second kappa shape index (κ2) is 4.49. The molecule has 2 nitrogen and oxygen atoms in total. The second-order valence-electron chi connectivity index (χ2n) is 3.53. The number of halogens is 1. The van der Waals surface area contributed by atoms with Gasteiger partial charge in [-0.15, -0.1) is 0 Å². The Bertz CT molecular complexity index is 401. The minimum absolute atomic E-state index is 0.671. The van der Waals surface area contributed by atoms with Crippen molar-refractivity contribution in [1.82, 2.24) is 0 Å². The van der Waals surface area contributed by atoms with Gasteiger partial charge in [-0.05, 0) is 24.6 Å². The second-order valence-corrected chi connectivity index (χ2v) is 3.96. The summed E-state index contributed by atoms with van der Waals surface area (Å²) in [5.41, 5.74) is 1.64. The van der Waals surface area contributed by atoms with Gasteiger partial charge in [-0.2, -0.15) is 0 Å². The highest BCUT2D eigenvalue weighted by Gasteiger charge is 2.11. The fraction of sp³-hybridized carbons (Fsp3) is 0.250. The van der Waals surface area contributed by atoms with Crippen LogP contribution in [0.25, 0.3) is 0 Å². The van der Waals surface area contributed by atoms with Gasteiger partial charge in [-0.3, -0.25) is 4.79 Å². The first kappa shape index (κ1) is 10.2.